The van der Waals surface area contributed by atoms with Gasteiger partial charge in [-0.15, -0.1) is 22.7 Å². The van der Waals surface area contributed by atoms with E-state index in [4.69, 9.17) is 4.98 Å². The molecule has 0 saturated heterocycles. The van der Waals surface area contributed by atoms with Gasteiger partial charge in [-0.25, -0.2) is 4.98 Å². The first kappa shape index (κ1) is 26.8. The molecule has 3 aliphatic carbocycles. The van der Waals surface area contributed by atoms with E-state index in [9.17, 15) is 19.8 Å². The fourth-order valence-electron chi connectivity index (χ4n) is 7.13. The fraction of sp³-hybridized carbons (Fsp3) is 0.679. The predicted molar refractivity (Wildman–Crippen MR) is 147 cm³/mol. The largest absolute Gasteiger partial charge is 0.396 e. The number of carbonyl (C=O) groups is 2. The minimum atomic E-state index is -0.661. The van der Waals surface area contributed by atoms with Gasteiger partial charge >= 0.3 is 0 Å². The summed E-state index contributed by atoms with van der Waals surface area (Å²) in [5.74, 6) is -0.0845. The molecule has 2 aromatic heterocycles. The molecule has 5 rings (SSSR count). The van der Waals surface area contributed by atoms with Crippen molar-refractivity contribution in [3.8, 4) is 0 Å². The van der Waals surface area contributed by atoms with Gasteiger partial charge < -0.3 is 20.8 Å². The summed E-state index contributed by atoms with van der Waals surface area (Å²) in [7, 11) is 0. The fourth-order valence-corrected chi connectivity index (χ4v) is 8.84. The number of aliphatic hydroxyl groups is 2. The van der Waals surface area contributed by atoms with Crippen molar-refractivity contribution in [3.05, 3.63) is 33.0 Å². The molecule has 5 atom stereocenters. The maximum atomic E-state index is 13.2. The molecule has 0 unspecified atom stereocenters. The number of hydrogen-bond acceptors (Lipinski definition) is 7. The van der Waals surface area contributed by atoms with Crippen LogP contribution in [0, 0.1) is 22.7 Å². The Morgan fingerprint density at radius 2 is 1.97 bits per heavy atom. The van der Waals surface area contributed by atoms with E-state index in [0.29, 0.717) is 30.9 Å². The van der Waals surface area contributed by atoms with Crippen molar-refractivity contribution in [2.75, 3.05) is 11.9 Å². The highest BCUT2D eigenvalue weighted by molar-refractivity contribution is 7.15. The summed E-state index contributed by atoms with van der Waals surface area (Å²) in [5, 5.41) is 30.2. The van der Waals surface area contributed by atoms with Crippen LogP contribution in [-0.2, 0) is 22.6 Å². The molecule has 2 amide bonds. The lowest BCUT2D eigenvalue weighted by Crippen LogP contribution is -2.57. The molecule has 0 aromatic carbocycles. The maximum absolute atomic E-state index is 13.2. The number of hydrogen-bond donors (Lipinski definition) is 4. The molecule has 7 nitrogen and oxygen atoms in total. The van der Waals surface area contributed by atoms with E-state index >= 15 is 0 Å². The number of anilines is 1. The number of nitrogens with zero attached hydrogens (tertiary/aromatic N) is 1. The summed E-state index contributed by atoms with van der Waals surface area (Å²) < 4.78 is 0. The van der Waals surface area contributed by atoms with Crippen molar-refractivity contribution in [2.24, 2.45) is 22.7 Å². The van der Waals surface area contributed by atoms with E-state index in [1.54, 1.807) is 11.3 Å². The highest BCUT2D eigenvalue weighted by Crippen LogP contribution is 2.62. The Hall–Kier alpha value is -1.81. The van der Waals surface area contributed by atoms with Gasteiger partial charge in [-0.05, 0) is 54.9 Å². The van der Waals surface area contributed by atoms with Crippen LogP contribution in [0.5, 0.6) is 0 Å². The van der Waals surface area contributed by atoms with Crippen LogP contribution in [0.25, 0.3) is 0 Å². The first-order valence-corrected chi connectivity index (χ1v) is 15.3. The SMILES string of the molecule is C[C@]1(CO)[C@H]2Cc3sc(NC(=O)C4CCCCC4)nc3[C@@H](CC(=O)NCc3cccs3)[C@]2(C)CC[C@H]1O. The summed E-state index contributed by atoms with van der Waals surface area (Å²) in [4.78, 5) is 33.3. The van der Waals surface area contributed by atoms with Crippen LogP contribution in [0.2, 0.25) is 0 Å². The number of nitrogens with one attached hydrogen (secondary N) is 2. The normalized spacial score (nSPS) is 31.8. The van der Waals surface area contributed by atoms with E-state index in [0.717, 1.165) is 47.6 Å². The number of carbonyl (C=O) groups excluding carboxylic acids is 2. The molecule has 9 heteroatoms. The monoisotopic (exact) mass is 545 g/mol. The molecular weight excluding hydrogens is 506 g/mol. The average molecular weight is 546 g/mol. The van der Waals surface area contributed by atoms with Gasteiger partial charge in [0, 0.05) is 33.4 Å². The number of rotatable bonds is 7. The Morgan fingerprint density at radius 3 is 2.68 bits per heavy atom. The van der Waals surface area contributed by atoms with Crippen molar-refractivity contribution >= 4 is 39.6 Å². The first-order valence-electron chi connectivity index (χ1n) is 13.6. The first-order chi connectivity index (χ1) is 17.7. The Bertz CT molecular complexity index is 1110. The Kier molecular flexibility index (Phi) is 7.78. The molecular formula is C28H39N3O4S2. The van der Waals surface area contributed by atoms with E-state index in [-0.39, 0.29) is 41.6 Å². The second kappa shape index (κ2) is 10.8. The predicted octanol–water partition coefficient (Wildman–Crippen LogP) is 4.85. The topological polar surface area (TPSA) is 112 Å². The molecule has 0 spiro atoms. The lowest BCUT2D eigenvalue weighted by atomic mass is 9.47. The highest BCUT2D eigenvalue weighted by Gasteiger charge is 2.59. The maximum Gasteiger partial charge on any atom is 0.229 e. The van der Waals surface area contributed by atoms with Gasteiger partial charge in [0.15, 0.2) is 5.13 Å². The second-order valence-corrected chi connectivity index (χ2v) is 13.9. The standard InChI is InChI=1S/C28H39N3O4S2/c1-27-11-10-22(33)28(2,16-32)21(27)14-20-24(19(27)13-23(34)29-15-18-9-6-12-36-18)30-26(37-20)31-25(35)17-7-4-3-5-8-17/h6,9,12,17,19,21-22,32-33H,3-5,7-8,10-11,13-16H2,1-2H3,(H,29,34)(H,30,31,35)/t19-,21+,22-,27+,28+/m1/s1. The van der Waals surface area contributed by atoms with Gasteiger partial charge in [0.05, 0.1) is 24.9 Å². The van der Waals surface area contributed by atoms with E-state index in [2.05, 4.69) is 17.6 Å². The third kappa shape index (κ3) is 5.12. The summed E-state index contributed by atoms with van der Waals surface area (Å²) in [6.45, 7) is 4.58. The smallest absolute Gasteiger partial charge is 0.229 e. The molecule has 2 aromatic rings. The van der Waals surface area contributed by atoms with Crippen LogP contribution in [0.1, 0.15) is 86.6 Å². The van der Waals surface area contributed by atoms with Gasteiger partial charge in [0.2, 0.25) is 11.8 Å². The van der Waals surface area contributed by atoms with E-state index in [1.165, 1.54) is 17.8 Å². The summed E-state index contributed by atoms with van der Waals surface area (Å²) in [6, 6.07) is 3.99. The number of aliphatic hydroxyl groups excluding tert-OH is 2. The number of aromatic nitrogens is 1. The van der Waals surface area contributed by atoms with Crippen LogP contribution < -0.4 is 10.6 Å². The molecule has 0 radical (unpaired) electrons. The van der Waals surface area contributed by atoms with Crippen LogP contribution in [0.3, 0.4) is 0 Å². The Morgan fingerprint density at radius 1 is 1.19 bits per heavy atom. The van der Waals surface area contributed by atoms with Crippen molar-refractivity contribution in [1.82, 2.24) is 10.3 Å². The Balaban J connectivity index is 1.43. The van der Waals surface area contributed by atoms with Crippen LogP contribution in [-0.4, -0.2) is 39.7 Å². The van der Waals surface area contributed by atoms with Crippen molar-refractivity contribution in [3.63, 3.8) is 0 Å². The van der Waals surface area contributed by atoms with E-state index < -0.39 is 11.5 Å². The number of fused-ring (bicyclic) bond motifs is 2. The molecule has 3 aliphatic rings. The molecule has 2 fully saturated rings. The third-order valence-electron chi connectivity index (χ3n) is 9.53. The van der Waals surface area contributed by atoms with Crippen LogP contribution in [0.15, 0.2) is 17.5 Å². The zero-order valence-corrected chi connectivity index (χ0v) is 23.4. The van der Waals surface area contributed by atoms with Crippen LogP contribution >= 0.6 is 22.7 Å². The molecule has 2 saturated carbocycles. The third-order valence-corrected chi connectivity index (χ3v) is 11.4. The minimum absolute atomic E-state index is 0.00121. The zero-order valence-electron chi connectivity index (χ0n) is 21.8. The van der Waals surface area contributed by atoms with Crippen molar-refractivity contribution in [2.45, 2.75) is 90.2 Å². The number of thiophene rings is 1. The quantitative estimate of drug-likeness (QED) is 0.398. The summed E-state index contributed by atoms with van der Waals surface area (Å²) in [6.07, 6.45) is 6.97. The van der Waals surface area contributed by atoms with Gasteiger partial charge in [0.25, 0.3) is 0 Å². The zero-order chi connectivity index (χ0) is 26.2. The summed E-state index contributed by atoms with van der Waals surface area (Å²) >= 11 is 3.12. The number of thiazole rings is 1. The van der Waals surface area contributed by atoms with Gasteiger partial charge in [-0.2, -0.15) is 0 Å². The minimum Gasteiger partial charge on any atom is -0.396 e. The number of amides is 2. The molecule has 4 N–H and O–H groups in total. The van der Waals surface area contributed by atoms with E-state index in [1.807, 2.05) is 24.4 Å². The van der Waals surface area contributed by atoms with Gasteiger partial charge in [0.1, 0.15) is 0 Å². The Labute approximate surface area is 227 Å². The van der Waals surface area contributed by atoms with Gasteiger partial charge in [-0.1, -0.05) is 39.2 Å². The second-order valence-electron chi connectivity index (χ2n) is 11.7. The van der Waals surface area contributed by atoms with Gasteiger partial charge in [-0.3, -0.25) is 9.59 Å². The highest BCUT2D eigenvalue weighted by atomic mass is 32.1. The molecule has 2 heterocycles. The lowest BCUT2D eigenvalue weighted by Gasteiger charge is -2.58. The van der Waals surface area contributed by atoms with Crippen LogP contribution in [0.4, 0.5) is 5.13 Å². The molecule has 0 aliphatic heterocycles. The molecule has 0 bridgehead atoms. The molecule has 37 heavy (non-hydrogen) atoms. The summed E-state index contributed by atoms with van der Waals surface area (Å²) in [5.41, 5.74) is -0.0557. The average Bonchev–Trinajstić information content (AvgIpc) is 3.57. The lowest BCUT2D eigenvalue weighted by molar-refractivity contribution is -0.144. The molecule has 202 valence electrons. The van der Waals surface area contributed by atoms with Crippen molar-refractivity contribution in [1.29, 1.82) is 0 Å². The van der Waals surface area contributed by atoms with Crippen molar-refractivity contribution < 1.29 is 19.8 Å².